The summed E-state index contributed by atoms with van der Waals surface area (Å²) < 4.78 is 0. The number of carboxylic acids is 1. The van der Waals surface area contributed by atoms with E-state index in [1.54, 1.807) is 4.90 Å². The van der Waals surface area contributed by atoms with Gasteiger partial charge in [-0.15, -0.1) is 0 Å². The van der Waals surface area contributed by atoms with Crippen molar-refractivity contribution >= 4 is 11.9 Å². The Morgan fingerprint density at radius 2 is 2.00 bits per heavy atom. The largest absolute Gasteiger partial charge is 0.480 e. The molecule has 3 fully saturated rings. The molecular weight excluding hydrogens is 254 g/mol. The lowest BCUT2D eigenvalue weighted by atomic mass is 9.84. The maximum absolute atomic E-state index is 12.8. The minimum Gasteiger partial charge on any atom is -0.480 e. The molecule has 1 heterocycles. The molecule has 0 aromatic carbocycles. The van der Waals surface area contributed by atoms with Crippen molar-refractivity contribution in [1.29, 1.82) is 0 Å². The number of fused-ring (bicyclic) bond motifs is 1. The van der Waals surface area contributed by atoms with Crippen molar-refractivity contribution in [2.24, 2.45) is 17.3 Å². The van der Waals surface area contributed by atoms with Crippen LogP contribution in [0.2, 0.25) is 0 Å². The zero-order chi connectivity index (χ0) is 14.5. The molecule has 2 saturated carbocycles. The van der Waals surface area contributed by atoms with Crippen molar-refractivity contribution in [3.8, 4) is 0 Å². The van der Waals surface area contributed by atoms with Gasteiger partial charge in [0.2, 0.25) is 5.91 Å². The average Bonchev–Trinajstić information content (AvgIpc) is 2.97. The molecule has 0 radical (unpaired) electrons. The van der Waals surface area contributed by atoms with Gasteiger partial charge in [0.25, 0.3) is 0 Å². The summed E-state index contributed by atoms with van der Waals surface area (Å²) in [5.74, 6) is -0.210. The van der Waals surface area contributed by atoms with Crippen molar-refractivity contribution in [2.45, 2.75) is 70.9 Å². The highest BCUT2D eigenvalue weighted by Crippen LogP contribution is 2.56. The van der Waals surface area contributed by atoms with E-state index in [-0.39, 0.29) is 23.3 Å². The zero-order valence-electron chi connectivity index (χ0n) is 12.5. The Bertz CT molecular complexity index is 435. The number of likely N-dealkylation sites (tertiary alicyclic amines) is 1. The maximum Gasteiger partial charge on any atom is 0.326 e. The minimum absolute atomic E-state index is 0.0648. The first-order valence-corrected chi connectivity index (χ1v) is 8.03. The summed E-state index contributed by atoms with van der Waals surface area (Å²) in [4.78, 5) is 26.1. The van der Waals surface area contributed by atoms with Gasteiger partial charge in [0, 0.05) is 12.0 Å². The van der Waals surface area contributed by atoms with E-state index in [1.165, 1.54) is 6.42 Å². The summed E-state index contributed by atoms with van der Waals surface area (Å²) >= 11 is 0. The molecule has 112 valence electrons. The van der Waals surface area contributed by atoms with Crippen molar-refractivity contribution in [3.05, 3.63) is 0 Å². The number of hydrogen-bond donors (Lipinski definition) is 1. The predicted molar refractivity (Wildman–Crippen MR) is 75.1 cm³/mol. The Labute approximate surface area is 120 Å². The van der Waals surface area contributed by atoms with Crippen molar-refractivity contribution in [1.82, 2.24) is 4.90 Å². The zero-order valence-corrected chi connectivity index (χ0v) is 12.5. The normalized spacial score (nSPS) is 43.2. The number of hydrogen-bond acceptors (Lipinski definition) is 2. The van der Waals surface area contributed by atoms with Crippen molar-refractivity contribution < 1.29 is 14.7 Å². The molecule has 2 aliphatic carbocycles. The van der Waals surface area contributed by atoms with E-state index in [0.717, 1.165) is 32.1 Å². The highest BCUT2D eigenvalue weighted by molar-refractivity contribution is 5.88. The lowest BCUT2D eigenvalue weighted by Gasteiger charge is -2.33. The van der Waals surface area contributed by atoms with Gasteiger partial charge in [0.1, 0.15) is 6.04 Å². The van der Waals surface area contributed by atoms with Crippen LogP contribution in [0.1, 0.15) is 58.8 Å². The van der Waals surface area contributed by atoms with Gasteiger partial charge >= 0.3 is 5.97 Å². The Kier molecular flexibility index (Phi) is 3.30. The van der Waals surface area contributed by atoms with E-state index < -0.39 is 12.0 Å². The molecule has 0 bridgehead atoms. The summed E-state index contributed by atoms with van der Waals surface area (Å²) in [7, 11) is 0. The molecule has 3 rings (SSSR count). The molecule has 4 heteroatoms. The molecule has 0 aromatic rings. The smallest absolute Gasteiger partial charge is 0.326 e. The number of carbonyl (C=O) groups excluding carboxylic acids is 1. The topological polar surface area (TPSA) is 57.6 Å². The van der Waals surface area contributed by atoms with Crippen molar-refractivity contribution in [3.63, 3.8) is 0 Å². The summed E-state index contributed by atoms with van der Waals surface area (Å²) in [6.45, 7) is 4.27. The van der Waals surface area contributed by atoms with Crippen molar-refractivity contribution in [2.75, 3.05) is 0 Å². The Morgan fingerprint density at radius 3 is 2.60 bits per heavy atom. The fourth-order valence-corrected chi connectivity index (χ4v) is 4.36. The lowest BCUT2D eigenvalue weighted by molar-refractivity contribution is -0.150. The second-order valence-corrected chi connectivity index (χ2v) is 7.21. The van der Waals surface area contributed by atoms with Gasteiger partial charge in [-0.2, -0.15) is 0 Å². The summed E-state index contributed by atoms with van der Waals surface area (Å²) in [6, 6.07) is -0.378. The molecule has 1 N–H and O–H groups in total. The van der Waals surface area contributed by atoms with Crippen LogP contribution in [-0.4, -0.2) is 34.0 Å². The monoisotopic (exact) mass is 279 g/mol. The van der Waals surface area contributed by atoms with E-state index in [9.17, 15) is 14.7 Å². The molecule has 0 spiro atoms. The Morgan fingerprint density at radius 1 is 1.30 bits per heavy atom. The molecule has 20 heavy (non-hydrogen) atoms. The highest BCUT2D eigenvalue weighted by Gasteiger charge is 2.58. The third-order valence-corrected chi connectivity index (χ3v) is 6.08. The number of carbonyl (C=O) groups is 2. The molecule has 0 aromatic heterocycles. The van der Waals surface area contributed by atoms with Crippen LogP contribution in [0, 0.1) is 17.3 Å². The molecule has 3 aliphatic rings. The van der Waals surface area contributed by atoms with E-state index in [1.807, 2.05) is 0 Å². The van der Waals surface area contributed by atoms with Crippen LogP contribution in [0.4, 0.5) is 0 Å². The van der Waals surface area contributed by atoms with Gasteiger partial charge in [-0.05, 0) is 43.4 Å². The van der Waals surface area contributed by atoms with E-state index >= 15 is 0 Å². The SMILES string of the molecule is CCC1(C)CC1C(=O)N1C(C(=O)O)CC2CCCCC21. The summed E-state index contributed by atoms with van der Waals surface area (Å²) in [6.07, 6.45) is 7.01. The summed E-state index contributed by atoms with van der Waals surface area (Å²) in [5.41, 5.74) is 0.118. The third-order valence-electron chi connectivity index (χ3n) is 6.08. The Hall–Kier alpha value is -1.06. The molecule has 5 atom stereocenters. The molecule has 4 nitrogen and oxygen atoms in total. The number of carboxylic acid groups (broad SMARTS) is 1. The summed E-state index contributed by atoms with van der Waals surface area (Å²) in [5, 5.41) is 9.48. The maximum atomic E-state index is 12.8. The minimum atomic E-state index is -0.813. The van der Waals surface area contributed by atoms with Crippen LogP contribution >= 0.6 is 0 Å². The van der Waals surface area contributed by atoms with Gasteiger partial charge in [-0.1, -0.05) is 26.7 Å². The predicted octanol–water partition coefficient (Wildman–Crippen LogP) is 2.67. The molecule has 1 amide bonds. The van der Waals surface area contributed by atoms with E-state index in [2.05, 4.69) is 13.8 Å². The van der Waals surface area contributed by atoms with Gasteiger partial charge in [-0.3, -0.25) is 4.79 Å². The Balaban J connectivity index is 1.81. The number of aliphatic carboxylic acids is 1. The molecule has 5 unspecified atom stereocenters. The van der Waals surface area contributed by atoms with Crippen LogP contribution in [0.5, 0.6) is 0 Å². The first-order valence-electron chi connectivity index (χ1n) is 8.03. The first-order chi connectivity index (χ1) is 9.48. The molecular formula is C16H25NO3. The number of nitrogens with zero attached hydrogens (tertiary/aromatic N) is 1. The third kappa shape index (κ3) is 2.04. The van der Waals surface area contributed by atoms with Crippen LogP contribution in [0.15, 0.2) is 0 Å². The molecule has 1 saturated heterocycles. The second-order valence-electron chi connectivity index (χ2n) is 7.21. The van der Waals surface area contributed by atoms with Gasteiger partial charge in [0.05, 0.1) is 0 Å². The fourth-order valence-electron chi connectivity index (χ4n) is 4.36. The van der Waals surface area contributed by atoms with E-state index in [4.69, 9.17) is 0 Å². The standard InChI is InChI=1S/C16H25NO3/c1-3-16(2)9-11(16)14(18)17-12-7-5-4-6-10(12)8-13(17)15(19)20/h10-13H,3-9H2,1-2H3,(H,19,20). The van der Waals surface area contributed by atoms with Crippen LogP contribution < -0.4 is 0 Å². The quantitative estimate of drug-likeness (QED) is 0.864. The van der Waals surface area contributed by atoms with E-state index in [0.29, 0.717) is 12.3 Å². The van der Waals surface area contributed by atoms with Crippen LogP contribution in [-0.2, 0) is 9.59 Å². The second kappa shape index (κ2) is 4.74. The molecule has 1 aliphatic heterocycles. The number of rotatable bonds is 3. The van der Waals surface area contributed by atoms with Gasteiger partial charge in [-0.25, -0.2) is 4.79 Å². The first kappa shape index (κ1) is 13.9. The number of amides is 1. The van der Waals surface area contributed by atoms with Crippen LogP contribution in [0.25, 0.3) is 0 Å². The highest BCUT2D eigenvalue weighted by atomic mass is 16.4. The van der Waals surface area contributed by atoms with Gasteiger partial charge < -0.3 is 10.0 Å². The van der Waals surface area contributed by atoms with Crippen LogP contribution in [0.3, 0.4) is 0 Å². The average molecular weight is 279 g/mol. The van der Waals surface area contributed by atoms with Gasteiger partial charge in [0.15, 0.2) is 0 Å². The lowest BCUT2D eigenvalue weighted by Crippen LogP contribution is -2.47. The fraction of sp³-hybridized carbons (Fsp3) is 0.875.